The zero-order valence-electron chi connectivity index (χ0n) is 41.0. The molecular weight excluding hydrogens is 833 g/mol. The van der Waals surface area contributed by atoms with Gasteiger partial charge in [-0.15, -0.1) is 0 Å². The quantitative estimate of drug-likeness (QED) is 0.0675. The second-order valence-corrected chi connectivity index (χ2v) is 20.5. The molecule has 0 fully saturated rings. The normalized spacial score (nSPS) is 13.0. The summed E-state index contributed by atoms with van der Waals surface area (Å²) >= 11 is 0. The Balaban J connectivity index is 0.684. The van der Waals surface area contributed by atoms with E-state index in [0.717, 1.165) is 12.8 Å². The van der Waals surface area contributed by atoms with Gasteiger partial charge in [0.05, 0.1) is 22.1 Å². The summed E-state index contributed by atoms with van der Waals surface area (Å²) in [5.74, 6) is 0. The first-order chi connectivity index (χ1) is 34.1. The third-order valence-corrected chi connectivity index (χ3v) is 15.8. The van der Waals surface area contributed by atoms with E-state index in [1.807, 2.05) is 0 Å². The van der Waals surface area contributed by atoms with Crippen LogP contribution in [0, 0.1) is 13.8 Å². The molecule has 2 heterocycles. The minimum atomic E-state index is 0.118. The van der Waals surface area contributed by atoms with E-state index in [9.17, 15) is 0 Å². The zero-order valence-corrected chi connectivity index (χ0v) is 41.0. The van der Waals surface area contributed by atoms with E-state index >= 15 is 0 Å². The molecule has 2 heteroatoms. The molecule has 0 saturated heterocycles. The van der Waals surface area contributed by atoms with Gasteiger partial charge in [-0.3, -0.25) is 0 Å². The van der Waals surface area contributed by atoms with E-state index < -0.39 is 0 Å². The molecule has 0 N–H and O–H groups in total. The molecule has 8 aromatic carbocycles. The molecule has 0 bridgehead atoms. The molecule has 0 spiro atoms. The van der Waals surface area contributed by atoms with Crippen LogP contribution in [0.25, 0.3) is 66.1 Å². The Bertz CT molecular complexity index is 3140. The highest BCUT2D eigenvalue weighted by Crippen LogP contribution is 2.54. The summed E-state index contributed by atoms with van der Waals surface area (Å²) in [7, 11) is 0. The second-order valence-electron chi connectivity index (χ2n) is 20.5. The topological polar surface area (TPSA) is 9.86 Å². The molecule has 1 aliphatic rings. The van der Waals surface area contributed by atoms with Crippen molar-refractivity contribution in [2.75, 3.05) is 0 Å². The number of benzene rings is 8. The van der Waals surface area contributed by atoms with Gasteiger partial charge >= 0.3 is 0 Å². The van der Waals surface area contributed by atoms with Crippen LogP contribution in [0.1, 0.15) is 123 Å². The van der Waals surface area contributed by atoms with Gasteiger partial charge in [0.15, 0.2) is 0 Å². The van der Waals surface area contributed by atoms with Gasteiger partial charge in [0.25, 0.3) is 0 Å². The van der Waals surface area contributed by atoms with E-state index in [4.69, 9.17) is 0 Å². The van der Waals surface area contributed by atoms with Crippen LogP contribution < -0.4 is 0 Å². The molecule has 0 atom stereocenters. The third kappa shape index (κ3) is 8.96. The van der Waals surface area contributed by atoms with E-state index in [0.29, 0.717) is 0 Å². The van der Waals surface area contributed by atoms with E-state index in [1.54, 1.807) is 11.1 Å². The van der Waals surface area contributed by atoms with Crippen LogP contribution in [-0.4, -0.2) is 9.13 Å². The van der Waals surface area contributed by atoms with Crippen LogP contribution in [0.4, 0.5) is 0 Å². The number of hydrogen-bond donors (Lipinski definition) is 0. The highest BCUT2D eigenvalue weighted by Gasteiger charge is 2.42. The SMILES string of the molecule is Cc1ccc2c(c1)C(CCCCCCCCc1ccc3c(c1)c1ccccc1n3-c1ccccc1)(CCCCCCCCc1ccc3c(c1)c1ccccc1n3-c1ccccc1)c1cc(C)ccc1-2. The number of hydrogen-bond acceptors (Lipinski definition) is 0. The summed E-state index contributed by atoms with van der Waals surface area (Å²) in [6.45, 7) is 4.59. The van der Waals surface area contributed by atoms with Crippen LogP contribution in [0.15, 0.2) is 182 Å². The van der Waals surface area contributed by atoms with Crippen molar-refractivity contribution in [2.45, 2.75) is 122 Å². The first-order valence-corrected chi connectivity index (χ1v) is 26.4. The summed E-state index contributed by atoms with van der Waals surface area (Å²) in [5.41, 5.74) is 19.6. The standard InChI is InChI=1S/C67H68N2/c1-49-35-39-55-56-40-36-50(2)46-62(56)67(61(55)45-49,43-23-9-5-3-7-13-25-51-37-41-65-59(47-51)57-31-19-21-33-63(57)68(65)53-27-15-11-16-28-53)44-24-10-6-4-8-14-26-52-38-42-66-60(48-52)58-32-20-22-34-64(58)69(66)54-29-17-12-18-30-54/h11-12,15-22,27-42,45-48H,3-10,13-14,23-26,43-44H2,1-2H3. The number of rotatable bonds is 20. The minimum Gasteiger partial charge on any atom is -0.309 e. The lowest BCUT2D eigenvalue weighted by molar-refractivity contribution is 0.397. The fourth-order valence-corrected chi connectivity index (χ4v) is 12.4. The fourth-order valence-electron chi connectivity index (χ4n) is 12.4. The van der Waals surface area contributed by atoms with Crippen LogP contribution in [0.3, 0.4) is 0 Å². The molecule has 0 amide bonds. The van der Waals surface area contributed by atoms with Crippen LogP contribution >= 0.6 is 0 Å². The maximum absolute atomic E-state index is 2.55. The first-order valence-electron chi connectivity index (χ1n) is 26.4. The number of aromatic nitrogens is 2. The van der Waals surface area contributed by atoms with Crippen LogP contribution in [-0.2, 0) is 18.3 Å². The average Bonchev–Trinajstić information content (AvgIpc) is 3.99. The predicted molar refractivity (Wildman–Crippen MR) is 296 cm³/mol. The molecule has 2 aromatic heterocycles. The number of nitrogens with zero attached hydrogens (tertiary/aromatic N) is 2. The molecule has 10 aromatic rings. The average molecular weight is 901 g/mol. The van der Waals surface area contributed by atoms with Gasteiger partial charge in [-0.25, -0.2) is 0 Å². The Kier molecular flexibility index (Phi) is 13.1. The summed E-state index contributed by atoms with van der Waals surface area (Å²) in [6.07, 6.45) is 20.4. The van der Waals surface area contributed by atoms with Gasteiger partial charge in [0, 0.05) is 38.3 Å². The summed E-state index contributed by atoms with van der Waals surface area (Å²) in [4.78, 5) is 0. The van der Waals surface area contributed by atoms with Gasteiger partial charge in [-0.2, -0.15) is 0 Å². The maximum atomic E-state index is 2.55. The van der Waals surface area contributed by atoms with Crippen molar-refractivity contribution in [2.24, 2.45) is 0 Å². The fraction of sp³-hybridized carbons (Fsp3) is 0.284. The number of para-hydroxylation sites is 4. The van der Waals surface area contributed by atoms with Crippen molar-refractivity contribution in [3.63, 3.8) is 0 Å². The largest absolute Gasteiger partial charge is 0.309 e. The molecule has 69 heavy (non-hydrogen) atoms. The van der Waals surface area contributed by atoms with Gasteiger partial charge in [-0.1, -0.05) is 197 Å². The number of unbranched alkanes of at least 4 members (excludes halogenated alkanes) is 10. The molecule has 0 aliphatic heterocycles. The third-order valence-electron chi connectivity index (χ3n) is 15.8. The van der Waals surface area contributed by atoms with Crippen molar-refractivity contribution >= 4 is 43.6 Å². The van der Waals surface area contributed by atoms with Gasteiger partial charge < -0.3 is 9.13 Å². The molecule has 2 nitrogen and oxygen atoms in total. The van der Waals surface area contributed by atoms with Crippen molar-refractivity contribution in [1.82, 2.24) is 9.13 Å². The molecular formula is C67H68N2. The Morgan fingerprint density at radius 2 is 0.696 bits per heavy atom. The van der Waals surface area contributed by atoms with E-state index in [1.165, 1.54) is 178 Å². The Morgan fingerprint density at radius 1 is 0.319 bits per heavy atom. The Hall–Kier alpha value is -6.64. The van der Waals surface area contributed by atoms with Crippen molar-refractivity contribution in [1.29, 1.82) is 0 Å². The predicted octanol–water partition coefficient (Wildman–Crippen LogP) is 18.7. The van der Waals surface area contributed by atoms with Gasteiger partial charge in [-0.05, 0) is 146 Å². The molecule has 0 unspecified atom stereocenters. The molecule has 11 rings (SSSR count). The van der Waals surface area contributed by atoms with Crippen molar-refractivity contribution in [3.8, 4) is 22.5 Å². The van der Waals surface area contributed by atoms with Crippen LogP contribution in [0.5, 0.6) is 0 Å². The Morgan fingerprint density at radius 3 is 1.14 bits per heavy atom. The molecule has 346 valence electrons. The maximum Gasteiger partial charge on any atom is 0.0541 e. The molecule has 1 aliphatic carbocycles. The van der Waals surface area contributed by atoms with Crippen molar-refractivity contribution in [3.05, 3.63) is 215 Å². The lowest BCUT2D eigenvalue weighted by Crippen LogP contribution is -2.25. The highest BCUT2D eigenvalue weighted by molar-refractivity contribution is 6.10. The van der Waals surface area contributed by atoms with Gasteiger partial charge in [0.2, 0.25) is 0 Å². The summed E-state index contributed by atoms with van der Waals surface area (Å²) in [6, 6.07) is 68.4. The van der Waals surface area contributed by atoms with Crippen molar-refractivity contribution < 1.29 is 0 Å². The number of aryl methyl sites for hydroxylation is 4. The lowest BCUT2D eigenvalue weighted by Gasteiger charge is -2.33. The van der Waals surface area contributed by atoms with Crippen LogP contribution in [0.2, 0.25) is 0 Å². The Labute approximate surface area is 410 Å². The first kappa shape index (κ1) is 44.8. The lowest BCUT2D eigenvalue weighted by atomic mass is 9.70. The zero-order chi connectivity index (χ0) is 46.6. The number of fused-ring (bicyclic) bond motifs is 9. The second kappa shape index (κ2) is 20.1. The minimum absolute atomic E-state index is 0.118. The molecule has 0 saturated carbocycles. The molecule has 0 radical (unpaired) electrons. The summed E-state index contributed by atoms with van der Waals surface area (Å²) in [5, 5.41) is 5.42. The highest BCUT2D eigenvalue weighted by atomic mass is 15.0. The van der Waals surface area contributed by atoms with Gasteiger partial charge in [0.1, 0.15) is 0 Å². The van der Waals surface area contributed by atoms with E-state index in [-0.39, 0.29) is 5.41 Å². The van der Waals surface area contributed by atoms with E-state index in [2.05, 4.69) is 205 Å². The smallest absolute Gasteiger partial charge is 0.0541 e. The summed E-state index contributed by atoms with van der Waals surface area (Å²) < 4.78 is 4.84. The monoisotopic (exact) mass is 901 g/mol.